The van der Waals surface area contributed by atoms with Crippen molar-refractivity contribution in [2.75, 3.05) is 5.32 Å². The topological polar surface area (TPSA) is 73.1 Å². The molecule has 0 atom stereocenters. The first kappa shape index (κ1) is 13.1. The van der Waals surface area contributed by atoms with E-state index in [0.717, 1.165) is 25.7 Å². The van der Waals surface area contributed by atoms with Gasteiger partial charge in [0.1, 0.15) is 0 Å². The molecule has 1 aliphatic rings. The van der Waals surface area contributed by atoms with Crippen molar-refractivity contribution in [3.8, 4) is 5.88 Å². The summed E-state index contributed by atoms with van der Waals surface area (Å²) in [5.41, 5.74) is 5.89. The van der Waals surface area contributed by atoms with E-state index in [9.17, 15) is 0 Å². The highest BCUT2D eigenvalue weighted by molar-refractivity contribution is 5.29. The molecule has 0 radical (unpaired) electrons. The minimum absolute atomic E-state index is 0.125. The van der Waals surface area contributed by atoms with Crippen LogP contribution in [0.5, 0.6) is 5.88 Å². The second-order valence-corrected chi connectivity index (χ2v) is 5.14. The Balaban J connectivity index is 1.92. The van der Waals surface area contributed by atoms with Gasteiger partial charge in [-0.1, -0.05) is 0 Å². The van der Waals surface area contributed by atoms with Crippen molar-refractivity contribution in [3.05, 3.63) is 12.3 Å². The third-order valence-corrected chi connectivity index (χ3v) is 3.09. The van der Waals surface area contributed by atoms with Crippen LogP contribution in [0.15, 0.2) is 12.3 Å². The maximum atomic E-state index is 5.89. The molecule has 1 aromatic heterocycles. The van der Waals surface area contributed by atoms with Crippen molar-refractivity contribution in [3.63, 3.8) is 0 Å². The van der Waals surface area contributed by atoms with E-state index in [1.807, 2.05) is 13.8 Å². The monoisotopic (exact) mass is 250 g/mol. The number of aromatic nitrogens is 2. The standard InChI is InChI=1S/C13H22N4O/c1-9(2)18-12-7-8-15-13(17-12)16-11-5-3-10(14)4-6-11/h7-11H,3-6,14H2,1-2H3,(H,15,16,17). The minimum Gasteiger partial charge on any atom is -0.475 e. The van der Waals surface area contributed by atoms with Crippen molar-refractivity contribution in [1.82, 2.24) is 9.97 Å². The molecule has 1 aliphatic carbocycles. The van der Waals surface area contributed by atoms with Gasteiger partial charge in [-0.3, -0.25) is 0 Å². The van der Waals surface area contributed by atoms with Crippen LogP contribution in [-0.2, 0) is 0 Å². The second kappa shape index (κ2) is 6.00. The summed E-state index contributed by atoms with van der Waals surface area (Å²) in [4.78, 5) is 8.58. The number of hydrogen-bond donors (Lipinski definition) is 2. The first-order valence-corrected chi connectivity index (χ1v) is 6.65. The van der Waals surface area contributed by atoms with Gasteiger partial charge in [0.15, 0.2) is 0 Å². The Kier molecular flexibility index (Phi) is 4.36. The highest BCUT2D eigenvalue weighted by atomic mass is 16.5. The molecular weight excluding hydrogens is 228 g/mol. The van der Waals surface area contributed by atoms with E-state index in [4.69, 9.17) is 10.5 Å². The number of ether oxygens (including phenoxy) is 1. The fourth-order valence-electron chi connectivity index (χ4n) is 2.16. The lowest BCUT2D eigenvalue weighted by molar-refractivity contribution is 0.232. The molecule has 2 rings (SSSR count). The van der Waals surface area contributed by atoms with Crippen LogP contribution < -0.4 is 15.8 Å². The molecule has 1 fully saturated rings. The summed E-state index contributed by atoms with van der Waals surface area (Å²) in [6.45, 7) is 3.97. The molecular formula is C13H22N4O. The lowest BCUT2D eigenvalue weighted by atomic mass is 9.92. The zero-order valence-electron chi connectivity index (χ0n) is 11.1. The van der Waals surface area contributed by atoms with Gasteiger partial charge in [-0.05, 0) is 39.5 Å². The van der Waals surface area contributed by atoms with Gasteiger partial charge >= 0.3 is 0 Å². The average molecular weight is 250 g/mol. The number of anilines is 1. The Hall–Kier alpha value is -1.36. The van der Waals surface area contributed by atoms with E-state index in [1.54, 1.807) is 12.3 Å². The minimum atomic E-state index is 0.125. The zero-order valence-corrected chi connectivity index (χ0v) is 11.1. The fourth-order valence-corrected chi connectivity index (χ4v) is 2.16. The molecule has 0 bridgehead atoms. The highest BCUT2D eigenvalue weighted by Crippen LogP contribution is 2.20. The molecule has 0 aromatic carbocycles. The predicted octanol–water partition coefficient (Wildman–Crippen LogP) is 1.95. The number of nitrogens with two attached hydrogens (primary N) is 1. The van der Waals surface area contributed by atoms with Gasteiger partial charge in [-0.15, -0.1) is 0 Å². The van der Waals surface area contributed by atoms with E-state index < -0.39 is 0 Å². The Morgan fingerprint density at radius 3 is 2.72 bits per heavy atom. The summed E-state index contributed by atoms with van der Waals surface area (Å²) in [6.07, 6.45) is 6.15. The molecule has 0 spiro atoms. The summed E-state index contributed by atoms with van der Waals surface area (Å²) in [5.74, 6) is 1.27. The van der Waals surface area contributed by atoms with Gasteiger partial charge < -0.3 is 15.8 Å². The van der Waals surface area contributed by atoms with E-state index >= 15 is 0 Å². The second-order valence-electron chi connectivity index (χ2n) is 5.14. The summed E-state index contributed by atoms with van der Waals surface area (Å²) in [5, 5.41) is 3.36. The van der Waals surface area contributed by atoms with Gasteiger partial charge in [-0.2, -0.15) is 4.98 Å². The summed E-state index contributed by atoms with van der Waals surface area (Å²) < 4.78 is 5.55. The number of nitrogens with zero attached hydrogens (tertiary/aromatic N) is 2. The third-order valence-electron chi connectivity index (χ3n) is 3.09. The molecule has 1 heterocycles. The lowest BCUT2D eigenvalue weighted by Gasteiger charge is -2.26. The molecule has 0 saturated heterocycles. The van der Waals surface area contributed by atoms with Crippen molar-refractivity contribution >= 4 is 5.95 Å². The van der Waals surface area contributed by atoms with E-state index in [-0.39, 0.29) is 6.10 Å². The molecule has 1 aromatic rings. The van der Waals surface area contributed by atoms with Gasteiger partial charge in [0.05, 0.1) is 6.10 Å². The smallest absolute Gasteiger partial charge is 0.226 e. The normalized spacial score (nSPS) is 24.0. The molecule has 1 saturated carbocycles. The van der Waals surface area contributed by atoms with Crippen LogP contribution in [0, 0.1) is 0 Å². The fraction of sp³-hybridized carbons (Fsp3) is 0.692. The van der Waals surface area contributed by atoms with Crippen LogP contribution in [0.1, 0.15) is 39.5 Å². The number of hydrogen-bond acceptors (Lipinski definition) is 5. The quantitative estimate of drug-likeness (QED) is 0.854. The molecule has 5 nitrogen and oxygen atoms in total. The first-order chi connectivity index (χ1) is 8.63. The summed E-state index contributed by atoms with van der Waals surface area (Å²) >= 11 is 0. The average Bonchev–Trinajstić information content (AvgIpc) is 2.32. The molecule has 3 N–H and O–H groups in total. The van der Waals surface area contributed by atoms with Crippen molar-refractivity contribution in [1.29, 1.82) is 0 Å². The van der Waals surface area contributed by atoms with Crippen molar-refractivity contribution < 1.29 is 4.74 Å². The lowest BCUT2D eigenvalue weighted by Crippen LogP contribution is -2.33. The maximum absolute atomic E-state index is 5.89. The van der Waals surface area contributed by atoms with E-state index in [2.05, 4.69) is 15.3 Å². The van der Waals surface area contributed by atoms with Crippen LogP contribution in [-0.4, -0.2) is 28.2 Å². The largest absolute Gasteiger partial charge is 0.475 e. The Labute approximate surface area is 108 Å². The van der Waals surface area contributed by atoms with Crippen LogP contribution in [0.25, 0.3) is 0 Å². The third kappa shape index (κ3) is 3.84. The van der Waals surface area contributed by atoms with Gasteiger partial charge in [-0.25, -0.2) is 4.98 Å². The van der Waals surface area contributed by atoms with Crippen molar-refractivity contribution in [2.24, 2.45) is 5.73 Å². The summed E-state index contributed by atoms with van der Waals surface area (Å²) in [6, 6.07) is 2.57. The van der Waals surface area contributed by atoms with Gasteiger partial charge in [0, 0.05) is 24.3 Å². The maximum Gasteiger partial charge on any atom is 0.226 e. The van der Waals surface area contributed by atoms with Crippen LogP contribution in [0.2, 0.25) is 0 Å². The Morgan fingerprint density at radius 2 is 2.06 bits per heavy atom. The summed E-state index contributed by atoms with van der Waals surface area (Å²) in [7, 11) is 0. The SMILES string of the molecule is CC(C)Oc1ccnc(NC2CCC(N)CC2)n1. The van der Waals surface area contributed by atoms with Crippen LogP contribution >= 0.6 is 0 Å². The molecule has 0 unspecified atom stereocenters. The molecule has 5 heteroatoms. The van der Waals surface area contributed by atoms with E-state index in [0.29, 0.717) is 23.9 Å². The van der Waals surface area contributed by atoms with E-state index in [1.165, 1.54) is 0 Å². The molecule has 0 amide bonds. The molecule has 0 aliphatic heterocycles. The first-order valence-electron chi connectivity index (χ1n) is 6.65. The number of rotatable bonds is 4. The number of nitrogens with one attached hydrogen (secondary N) is 1. The highest BCUT2D eigenvalue weighted by Gasteiger charge is 2.19. The van der Waals surface area contributed by atoms with Gasteiger partial charge in [0.2, 0.25) is 11.8 Å². The molecule has 18 heavy (non-hydrogen) atoms. The van der Waals surface area contributed by atoms with Crippen LogP contribution in [0.3, 0.4) is 0 Å². The van der Waals surface area contributed by atoms with Crippen molar-refractivity contribution in [2.45, 2.75) is 57.7 Å². The predicted molar refractivity (Wildman–Crippen MR) is 71.7 cm³/mol. The zero-order chi connectivity index (χ0) is 13.0. The Morgan fingerprint density at radius 1 is 1.33 bits per heavy atom. The Bertz CT molecular complexity index is 375. The molecule has 100 valence electrons. The van der Waals surface area contributed by atoms with Crippen LogP contribution in [0.4, 0.5) is 5.95 Å². The van der Waals surface area contributed by atoms with Gasteiger partial charge in [0.25, 0.3) is 0 Å².